The van der Waals surface area contributed by atoms with Crippen LogP contribution in [0.4, 0.5) is 0 Å². The average Bonchev–Trinajstić information content (AvgIpc) is 3.28. The van der Waals surface area contributed by atoms with E-state index >= 15 is 0 Å². The van der Waals surface area contributed by atoms with Gasteiger partial charge < -0.3 is 51.6 Å². The molecule has 0 aliphatic carbocycles. The standard InChI is InChI=1S/C11H13BrO3.C11H14O4.C11H12O4.C7H6O2.CH2O3.B.Br3P.2K.Na.2H/c3*1-2-14-11(13)8-15-10-6-4-3-5-9(10)7-12;8-5-6-3-1-2-4-7(6)9;2-1-4-3;;1-4(2)3;;;;;/h3-6H,2,7-8H2,1H3;3-6,12H,2,7-8H2,1H3;3-7H,2,8H2,1H3;1-5,9H;1,3H;;;;;;;/q;;;;;;;3*+1;2*-1/p-1. The zero-order valence-corrected chi connectivity index (χ0v) is 52.8. The number of aldehydes is 2. The summed E-state index contributed by atoms with van der Waals surface area (Å²) < 4.78 is 29.7. The number of hydrogen-bond acceptors (Lipinski definition) is 16. The number of para-hydroxylation sites is 4. The maximum Gasteiger partial charge on any atom is 1.00 e. The molecule has 0 heterocycles. The van der Waals surface area contributed by atoms with Gasteiger partial charge in [-0.25, -0.2) is 14.4 Å². The fourth-order valence-corrected chi connectivity index (χ4v) is 4.31. The van der Waals surface area contributed by atoms with E-state index in [9.17, 15) is 24.0 Å². The largest absolute Gasteiger partial charge is 1.00 e. The molecule has 0 saturated heterocycles. The number of rotatable bonds is 17. The second kappa shape index (κ2) is 54.2. The van der Waals surface area contributed by atoms with Crippen LogP contribution in [0.1, 0.15) is 55.5 Å². The third-order valence-corrected chi connectivity index (χ3v) is 6.97. The minimum Gasteiger partial charge on any atom is -1.00 e. The summed E-state index contributed by atoms with van der Waals surface area (Å²) in [4.78, 5) is 65.0. The van der Waals surface area contributed by atoms with Crippen LogP contribution in [0.5, 0.6) is 23.0 Å². The fraction of sp³-hybridized carbons (Fsp3) is 0.268. The molecule has 0 spiro atoms. The van der Waals surface area contributed by atoms with Gasteiger partial charge in [0.15, 0.2) is 32.4 Å². The second-order valence-electron chi connectivity index (χ2n) is 10.5. The van der Waals surface area contributed by atoms with Gasteiger partial charge in [-0.3, -0.25) is 14.4 Å². The Kier molecular flexibility index (Phi) is 63.6. The third-order valence-electron chi connectivity index (χ3n) is 6.36. The van der Waals surface area contributed by atoms with Crippen molar-refractivity contribution in [2.24, 2.45) is 0 Å². The van der Waals surface area contributed by atoms with Crippen LogP contribution in [0.3, 0.4) is 0 Å². The van der Waals surface area contributed by atoms with Gasteiger partial charge in [0, 0.05) is 24.9 Å². The predicted octanol–water partition coefficient (Wildman–Crippen LogP) is -1.02. The van der Waals surface area contributed by atoms with Crippen molar-refractivity contribution in [2.75, 3.05) is 39.6 Å². The Hall–Kier alpha value is -0.0923. The van der Waals surface area contributed by atoms with Crippen LogP contribution in [0.15, 0.2) is 97.1 Å². The molecular weight excluding hydrogens is 1210 g/mol. The van der Waals surface area contributed by atoms with Crippen LogP contribution in [0.2, 0.25) is 0 Å². The number of phenols is 1. The molecule has 4 aromatic rings. The van der Waals surface area contributed by atoms with Gasteiger partial charge in [-0.1, -0.05) is 76.6 Å². The Labute approximate surface area is 530 Å². The molecule has 4 aromatic carbocycles. The molecule has 0 aromatic heterocycles. The molecule has 2 N–H and O–H groups in total. The topological polar surface area (TPSA) is 231 Å². The molecule has 0 atom stereocenters. The minimum atomic E-state index is -0.446. The Morgan fingerprint density at radius 2 is 0.939 bits per heavy atom. The molecule has 0 bridgehead atoms. The number of hydrogen-bond donors (Lipinski definition) is 2. The normalized spacial score (nSPS) is 8.64. The van der Waals surface area contributed by atoms with Crippen molar-refractivity contribution in [2.45, 2.75) is 32.7 Å². The van der Waals surface area contributed by atoms with E-state index in [-0.39, 0.29) is 192 Å². The van der Waals surface area contributed by atoms with Gasteiger partial charge in [0.1, 0.15) is 27.0 Å². The number of aliphatic hydroxyl groups is 1. The monoisotopic (exact) mass is 1250 g/mol. The number of alkyl halides is 1. The van der Waals surface area contributed by atoms with Crippen molar-refractivity contribution in [3.05, 3.63) is 119 Å². The van der Waals surface area contributed by atoms with Gasteiger partial charge in [0.2, 0.25) is 0 Å². The molecule has 25 heteroatoms. The maximum absolute atomic E-state index is 11.1. The van der Waals surface area contributed by atoms with Gasteiger partial charge in [0.05, 0.1) is 37.6 Å². The number of carbonyl (C=O) groups excluding carboxylic acids is 6. The quantitative estimate of drug-likeness (QED) is 0.0188. The third kappa shape index (κ3) is 42.8. The van der Waals surface area contributed by atoms with Gasteiger partial charge in [-0.05, 0) is 104 Å². The zero-order chi connectivity index (χ0) is 47.0. The van der Waals surface area contributed by atoms with Crippen molar-refractivity contribution in [3.63, 3.8) is 0 Å². The van der Waals surface area contributed by atoms with Crippen molar-refractivity contribution in [3.8, 4) is 23.0 Å². The summed E-state index contributed by atoms with van der Waals surface area (Å²) in [6.45, 7) is 5.60. The maximum atomic E-state index is 11.1. The number of aliphatic hydroxyl groups excluding tert-OH is 1. The van der Waals surface area contributed by atoms with Gasteiger partial charge >= 0.3 is 150 Å². The summed E-state index contributed by atoms with van der Waals surface area (Å²) in [5.74, 6) is 0.439. The van der Waals surface area contributed by atoms with Gasteiger partial charge in [0.25, 0.3) is 6.47 Å². The first-order chi connectivity index (χ1) is 29.8. The van der Waals surface area contributed by atoms with E-state index in [0.29, 0.717) is 71.7 Å². The Morgan fingerprint density at radius 3 is 1.27 bits per heavy atom. The van der Waals surface area contributed by atoms with Crippen LogP contribution in [-0.4, -0.2) is 95.2 Å². The van der Waals surface area contributed by atoms with E-state index < -0.39 is 11.9 Å². The number of halogens is 4. The first-order valence-corrected chi connectivity index (χ1v) is 26.3. The summed E-state index contributed by atoms with van der Waals surface area (Å²) in [5.41, 5.74) is 2.42. The Balaban J connectivity index is -0.000000110. The van der Waals surface area contributed by atoms with E-state index in [1.165, 1.54) is 6.07 Å². The number of carbonyl (C=O) groups is 6. The predicted molar refractivity (Wildman–Crippen MR) is 252 cm³/mol. The molecule has 16 nitrogen and oxygen atoms in total. The van der Waals surface area contributed by atoms with E-state index in [1.807, 2.05) is 24.3 Å². The molecule has 0 aliphatic rings. The molecule has 0 fully saturated rings. The van der Waals surface area contributed by atoms with Crippen LogP contribution < -0.4 is 152 Å². The van der Waals surface area contributed by atoms with Gasteiger partial charge in [-0.2, -0.15) is 0 Å². The molecule has 347 valence electrons. The molecule has 0 amide bonds. The summed E-state index contributed by atoms with van der Waals surface area (Å²) in [6, 6.07) is 27.7. The van der Waals surface area contributed by atoms with Crippen LogP contribution in [-0.2, 0) is 50.2 Å². The summed E-state index contributed by atoms with van der Waals surface area (Å²) >= 11 is 12.9. The van der Waals surface area contributed by atoms with E-state index in [0.717, 1.165) is 5.56 Å². The van der Waals surface area contributed by atoms with Crippen LogP contribution in [0.25, 0.3) is 0 Å². The second-order valence-corrected chi connectivity index (χ2v) is 26.4. The smallest absolute Gasteiger partial charge is 1.00 e. The number of benzene rings is 4. The average molecular weight is 1260 g/mol. The summed E-state index contributed by atoms with van der Waals surface area (Å²) in [7, 11) is 0. The van der Waals surface area contributed by atoms with Crippen molar-refractivity contribution < 1.29 is 213 Å². The molecule has 0 saturated carbocycles. The Morgan fingerprint density at radius 1 is 0.621 bits per heavy atom. The number of phenolic OH excluding ortho intramolecular Hbond substituents is 1. The van der Waals surface area contributed by atoms with E-state index in [4.69, 9.17) is 43.9 Å². The molecular formula is C41H48BBr4K2NaO16P. The minimum absolute atomic E-state index is 0. The molecule has 3 radical (unpaired) electrons. The first kappa shape index (κ1) is 77.4. The van der Waals surface area contributed by atoms with Crippen molar-refractivity contribution in [1.29, 1.82) is 0 Å². The van der Waals surface area contributed by atoms with Crippen molar-refractivity contribution >= 4 is 112 Å². The number of esters is 3. The molecule has 0 aliphatic heterocycles. The fourth-order valence-electron chi connectivity index (χ4n) is 3.84. The Bertz CT molecular complexity index is 1830. The SMILES string of the molecule is BrP(Br)Br.CCOC(=O)COc1ccccc1C=O.CCOC(=O)COc1ccccc1CBr.CCOC(=O)COc1ccccc1CO.O=CO[O-].O=Cc1ccccc1O.[B].[H-].[H-].[K+].[K+].[Na+]. The van der Waals surface area contributed by atoms with E-state index in [2.05, 4.69) is 72.0 Å². The van der Waals surface area contributed by atoms with Crippen LogP contribution >= 0.6 is 66.4 Å². The molecule has 66 heavy (non-hydrogen) atoms. The molecule has 0 unspecified atom stereocenters. The number of aromatic hydroxyl groups is 1. The van der Waals surface area contributed by atoms with Gasteiger partial charge in [-0.15, -0.1) is 0 Å². The van der Waals surface area contributed by atoms with Crippen LogP contribution in [0, 0.1) is 0 Å². The summed E-state index contributed by atoms with van der Waals surface area (Å²) in [5, 5.41) is 27.0. The first-order valence-electron chi connectivity index (χ1n) is 17.8. The number of ether oxygens (including phenoxy) is 6. The summed E-state index contributed by atoms with van der Waals surface area (Å²) in [6.07, 6.45) is 1.30. The van der Waals surface area contributed by atoms with E-state index in [1.54, 1.807) is 87.5 Å². The molecule has 4 rings (SSSR count). The zero-order valence-electron chi connectivity index (χ0n) is 39.3. The van der Waals surface area contributed by atoms with Crippen molar-refractivity contribution in [1.82, 2.24) is 0 Å².